The minimum absolute atomic E-state index is 0.0815. The molecule has 0 N–H and O–H groups in total. The van der Waals surface area contributed by atoms with Crippen LogP contribution in [-0.2, 0) is 16.6 Å². The van der Waals surface area contributed by atoms with Crippen molar-refractivity contribution in [2.75, 3.05) is 7.05 Å². The number of halogens is 2. The SMILES string of the molecule is CN(Cc1ccc(C#N)cc1)S(=O)(=O)c1ccc(Cl)c(Cl)c1. The van der Waals surface area contributed by atoms with E-state index in [1.807, 2.05) is 6.07 Å². The Kier molecular flexibility index (Phi) is 5.09. The van der Waals surface area contributed by atoms with Gasteiger partial charge in [-0.15, -0.1) is 0 Å². The maximum Gasteiger partial charge on any atom is 0.243 e. The van der Waals surface area contributed by atoms with Crippen molar-refractivity contribution in [2.24, 2.45) is 0 Å². The molecule has 0 unspecified atom stereocenters. The van der Waals surface area contributed by atoms with Gasteiger partial charge in [0.05, 0.1) is 26.6 Å². The van der Waals surface area contributed by atoms with Crippen LogP contribution in [0.5, 0.6) is 0 Å². The van der Waals surface area contributed by atoms with Gasteiger partial charge >= 0.3 is 0 Å². The van der Waals surface area contributed by atoms with E-state index < -0.39 is 10.0 Å². The number of nitrogens with zero attached hydrogens (tertiary/aromatic N) is 2. The predicted molar refractivity (Wildman–Crippen MR) is 86.3 cm³/mol. The smallest absolute Gasteiger partial charge is 0.207 e. The third-order valence-electron chi connectivity index (χ3n) is 3.09. The summed E-state index contributed by atoms with van der Waals surface area (Å²) in [6, 6.07) is 12.9. The molecule has 0 heterocycles. The van der Waals surface area contributed by atoms with Crippen LogP contribution in [0.1, 0.15) is 11.1 Å². The molecule has 0 aliphatic heterocycles. The Labute approximate surface area is 139 Å². The van der Waals surface area contributed by atoms with E-state index >= 15 is 0 Å². The summed E-state index contributed by atoms with van der Waals surface area (Å²) in [5, 5.41) is 9.25. The molecular weight excluding hydrogens is 343 g/mol. The highest BCUT2D eigenvalue weighted by molar-refractivity contribution is 7.89. The van der Waals surface area contributed by atoms with Gasteiger partial charge in [-0.2, -0.15) is 9.57 Å². The van der Waals surface area contributed by atoms with Crippen LogP contribution in [0.3, 0.4) is 0 Å². The van der Waals surface area contributed by atoms with Crippen LogP contribution in [0.25, 0.3) is 0 Å². The van der Waals surface area contributed by atoms with Gasteiger partial charge in [0.15, 0.2) is 0 Å². The second-order valence-electron chi connectivity index (χ2n) is 4.65. The fraction of sp³-hybridized carbons (Fsp3) is 0.133. The minimum Gasteiger partial charge on any atom is -0.207 e. The second kappa shape index (κ2) is 6.67. The summed E-state index contributed by atoms with van der Waals surface area (Å²) in [6.07, 6.45) is 0. The van der Waals surface area contributed by atoms with Crippen LogP contribution in [0.4, 0.5) is 0 Å². The van der Waals surface area contributed by atoms with Gasteiger partial charge in [0.1, 0.15) is 0 Å². The second-order valence-corrected chi connectivity index (χ2v) is 7.51. The molecule has 7 heteroatoms. The third kappa shape index (κ3) is 3.60. The van der Waals surface area contributed by atoms with E-state index in [2.05, 4.69) is 0 Å². The molecule has 0 radical (unpaired) electrons. The highest BCUT2D eigenvalue weighted by Gasteiger charge is 2.21. The molecule has 0 bridgehead atoms. The molecule has 0 saturated carbocycles. The van der Waals surface area contributed by atoms with E-state index in [0.717, 1.165) is 5.56 Å². The standard InChI is InChI=1S/C15H12Cl2N2O2S/c1-19(10-12-4-2-11(9-18)3-5-12)22(20,21)13-6-7-14(16)15(17)8-13/h2-8H,10H2,1H3. The number of hydrogen-bond donors (Lipinski definition) is 0. The van der Waals surface area contributed by atoms with Crippen LogP contribution < -0.4 is 0 Å². The molecule has 0 aliphatic carbocycles. The molecule has 114 valence electrons. The molecule has 22 heavy (non-hydrogen) atoms. The summed E-state index contributed by atoms with van der Waals surface area (Å²) in [4.78, 5) is 0.0815. The van der Waals surface area contributed by atoms with Gasteiger partial charge in [-0.05, 0) is 35.9 Å². The quantitative estimate of drug-likeness (QED) is 0.840. The maximum atomic E-state index is 12.5. The first-order valence-electron chi connectivity index (χ1n) is 6.25. The fourth-order valence-electron chi connectivity index (χ4n) is 1.84. The van der Waals surface area contributed by atoms with Crippen molar-refractivity contribution >= 4 is 33.2 Å². The Hall–Kier alpha value is -1.58. The molecule has 0 saturated heterocycles. The Bertz CT molecular complexity index is 828. The van der Waals surface area contributed by atoms with Crippen molar-refractivity contribution in [3.05, 3.63) is 63.6 Å². The Morgan fingerprint density at radius 1 is 1.09 bits per heavy atom. The van der Waals surface area contributed by atoms with Gasteiger partial charge in [0, 0.05) is 13.6 Å². The number of rotatable bonds is 4. The first-order valence-corrected chi connectivity index (χ1v) is 8.44. The summed E-state index contributed by atoms with van der Waals surface area (Å²) >= 11 is 11.7. The monoisotopic (exact) mass is 354 g/mol. The topological polar surface area (TPSA) is 61.2 Å². The molecule has 2 aromatic carbocycles. The number of sulfonamides is 1. The molecule has 0 fully saturated rings. The lowest BCUT2D eigenvalue weighted by Crippen LogP contribution is -2.26. The van der Waals surface area contributed by atoms with Crippen LogP contribution in [0.15, 0.2) is 47.4 Å². The summed E-state index contributed by atoms with van der Waals surface area (Å²) in [5.41, 5.74) is 1.31. The third-order valence-corrected chi connectivity index (χ3v) is 5.63. The summed E-state index contributed by atoms with van der Waals surface area (Å²) in [7, 11) is -2.18. The number of benzene rings is 2. The van der Waals surface area contributed by atoms with E-state index in [-0.39, 0.29) is 16.5 Å². The molecule has 0 amide bonds. The fourth-order valence-corrected chi connectivity index (χ4v) is 3.39. The lowest BCUT2D eigenvalue weighted by atomic mass is 10.1. The molecule has 4 nitrogen and oxygen atoms in total. The van der Waals surface area contributed by atoms with Gasteiger partial charge in [-0.3, -0.25) is 0 Å². The van der Waals surface area contributed by atoms with E-state index in [1.165, 1.54) is 29.6 Å². The highest BCUT2D eigenvalue weighted by atomic mass is 35.5. The van der Waals surface area contributed by atoms with Gasteiger partial charge < -0.3 is 0 Å². The highest BCUT2D eigenvalue weighted by Crippen LogP contribution is 2.26. The average molecular weight is 355 g/mol. The van der Waals surface area contributed by atoms with Crippen LogP contribution in [-0.4, -0.2) is 19.8 Å². The largest absolute Gasteiger partial charge is 0.243 e. The van der Waals surface area contributed by atoms with Crippen molar-refractivity contribution in [3.8, 4) is 6.07 Å². The molecule has 0 aromatic heterocycles. The Balaban J connectivity index is 2.24. The van der Waals surface area contributed by atoms with Crippen molar-refractivity contribution in [1.29, 1.82) is 5.26 Å². The van der Waals surface area contributed by atoms with Gasteiger partial charge in [-0.1, -0.05) is 35.3 Å². The van der Waals surface area contributed by atoms with Crippen molar-refractivity contribution in [1.82, 2.24) is 4.31 Å². The molecular formula is C15H12Cl2N2O2S. The Morgan fingerprint density at radius 2 is 1.73 bits per heavy atom. The van der Waals surface area contributed by atoms with E-state index in [4.69, 9.17) is 28.5 Å². The van der Waals surface area contributed by atoms with Crippen LogP contribution in [0, 0.1) is 11.3 Å². The lowest BCUT2D eigenvalue weighted by Gasteiger charge is -2.17. The van der Waals surface area contributed by atoms with Crippen molar-refractivity contribution in [2.45, 2.75) is 11.4 Å². The summed E-state index contributed by atoms with van der Waals surface area (Å²) in [6.45, 7) is 0.189. The van der Waals surface area contributed by atoms with Crippen molar-refractivity contribution in [3.63, 3.8) is 0 Å². The molecule has 0 atom stereocenters. The number of nitriles is 1. The van der Waals surface area contributed by atoms with Crippen LogP contribution >= 0.6 is 23.2 Å². The average Bonchev–Trinajstić information content (AvgIpc) is 2.50. The van der Waals surface area contributed by atoms with Gasteiger partial charge in [0.2, 0.25) is 10.0 Å². The molecule has 2 aromatic rings. The first kappa shape index (κ1) is 16.8. The zero-order valence-corrected chi connectivity index (χ0v) is 14.0. The summed E-state index contributed by atoms with van der Waals surface area (Å²) in [5.74, 6) is 0. The first-order chi connectivity index (χ1) is 10.3. The lowest BCUT2D eigenvalue weighted by molar-refractivity contribution is 0.467. The summed E-state index contributed by atoms with van der Waals surface area (Å²) < 4.78 is 26.2. The zero-order chi connectivity index (χ0) is 16.3. The van der Waals surface area contributed by atoms with Crippen molar-refractivity contribution < 1.29 is 8.42 Å². The number of hydrogen-bond acceptors (Lipinski definition) is 3. The van der Waals surface area contributed by atoms with E-state index in [9.17, 15) is 8.42 Å². The van der Waals surface area contributed by atoms with Gasteiger partial charge in [-0.25, -0.2) is 8.42 Å². The zero-order valence-electron chi connectivity index (χ0n) is 11.6. The van der Waals surface area contributed by atoms with Crippen LogP contribution in [0.2, 0.25) is 10.0 Å². The van der Waals surface area contributed by atoms with Gasteiger partial charge in [0.25, 0.3) is 0 Å². The van der Waals surface area contributed by atoms with E-state index in [0.29, 0.717) is 10.6 Å². The molecule has 0 aliphatic rings. The minimum atomic E-state index is -3.67. The molecule has 0 spiro atoms. The normalized spacial score (nSPS) is 11.4. The predicted octanol–water partition coefficient (Wildman–Crippen LogP) is 3.69. The Morgan fingerprint density at radius 3 is 2.27 bits per heavy atom. The molecule has 2 rings (SSSR count). The maximum absolute atomic E-state index is 12.5. The van der Waals surface area contributed by atoms with E-state index in [1.54, 1.807) is 24.3 Å².